The Hall–Kier alpha value is -2.15. The number of urea groups is 1. The lowest BCUT2D eigenvalue weighted by atomic mass is 9.74. The summed E-state index contributed by atoms with van der Waals surface area (Å²) >= 11 is 0. The number of hydrogen-bond donors (Lipinski definition) is 1. The first-order chi connectivity index (χ1) is 14.6. The first-order valence-electron chi connectivity index (χ1n) is 11.2. The highest BCUT2D eigenvalue weighted by Crippen LogP contribution is 2.35. The van der Waals surface area contributed by atoms with E-state index in [1.165, 1.54) is 6.07 Å². The van der Waals surface area contributed by atoms with E-state index >= 15 is 0 Å². The van der Waals surface area contributed by atoms with E-state index in [1.54, 1.807) is 12.1 Å². The fourth-order valence-electron chi connectivity index (χ4n) is 4.99. The molecule has 7 heteroatoms. The van der Waals surface area contributed by atoms with Crippen LogP contribution in [-0.4, -0.2) is 67.7 Å². The van der Waals surface area contributed by atoms with Crippen LogP contribution in [0.5, 0.6) is 0 Å². The number of ether oxygens (including phenoxy) is 1. The van der Waals surface area contributed by atoms with Gasteiger partial charge in [-0.15, -0.1) is 0 Å². The average Bonchev–Trinajstić information content (AvgIpc) is 3.33. The van der Waals surface area contributed by atoms with Gasteiger partial charge in [0.15, 0.2) is 0 Å². The van der Waals surface area contributed by atoms with E-state index < -0.39 is 0 Å². The number of carbonyl (C=O) groups is 2. The van der Waals surface area contributed by atoms with Crippen LogP contribution in [0.1, 0.15) is 44.1 Å². The van der Waals surface area contributed by atoms with Crippen molar-refractivity contribution < 1.29 is 18.7 Å². The van der Waals surface area contributed by atoms with E-state index in [0.717, 1.165) is 44.3 Å². The number of piperidine rings is 1. The topological polar surface area (TPSA) is 61.9 Å². The van der Waals surface area contributed by atoms with Crippen molar-refractivity contribution in [2.24, 2.45) is 5.92 Å². The second-order valence-electron chi connectivity index (χ2n) is 8.86. The van der Waals surface area contributed by atoms with E-state index in [2.05, 4.69) is 5.32 Å². The number of nitrogens with one attached hydrogen (secondary N) is 1. The van der Waals surface area contributed by atoms with Crippen molar-refractivity contribution >= 4 is 11.9 Å². The molecule has 0 unspecified atom stereocenters. The molecule has 3 amide bonds. The molecule has 0 aromatic heterocycles. The molecule has 3 aliphatic heterocycles. The van der Waals surface area contributed by atoms with Gasteiger partial charge in [-0.2, -0.15) is 0 Å². The molecule has 1 aromatic rings. The quantitative estimate of drug-likeness (QED) is 0.820. The first-order valence-corrected chi connectivity index (χ1v) is 11.2. The summed E-state index contributed by atoms with van der Waals surface area (Å²) in [7, 11) is 0. The van der Waals surface area contributed by atoms with Crippen LogP contribution in [0.3, 0.4) is 0 Å². The van der Waals surface area contributed by atoms with Gasteiger partial charge in [0.25, 0.3) is 0 Å². The van der Waals surface area contributed by atoms with Crippen molar-refractivity contribution in [1.29, 1.82) is 0 Å². The molecule has 0 atom stereocenters. The van der Waals surface area contributed by atoms with Crippen molar-refractivity contribution in [2.45, 2.75) is 43.9 Å². The van der Waals surface area contributed by atoms with Crippen molar-refractivity contribution in [3.8, 4) is 0 Å². The number of benzene rings is 1. The third-order valence-electron chi connectivity index (χ3n) is 7.00. The van der Waals surface area contributed by atoms with Crippen LogP contribution in [0.2, 0.25) is 0 Å². The van der Waals surface area contributed by atoms with Gasteiger partial charge < -0.3 is 19.9 Å². The van der Waals surface area contributed by atoms with E-state index in [0.29, 0.717) is 45.7 Å². The third kappa shape index (κ3) is 4.61. The van der Waals surface area contributed by atoms with Crippen LogP contribution in [-0.2, 0) is 14.9 Å². The van der Waals surface area contributed by atoms with E-state index in [1.807, 2.05) is 15.9 Å². The monoisotopic (exact) mass is 417 g/mol. The standard InChI is InChI=1S/C23H32FN3O3/c24-20-5-3-4-19(16-20)23(8-14-30-15-9-23)17-25-21(28)18-6-12-27(13-7-18)22(29)26-10-1-2-11-26/h3-5,16,18H,1-2,6-15,17H2,(H,25,28). The van der Waals surface area contributed by atoms with Crippen molar-refractivity contribution in [2.75, 3.05) is 45.9 Å². The molecule has 0 saturated carbocycles. The molecule has 0 bridgehead atoms. The summed E-state index contributed by atoms with van der Waals surface area (Å²) < 4.78 is 19.4. The molecule has 30 heavy (non-hydrogen) atoms. The summed E-state index contributed by atoms with van der Waals surface area (Å²) in [4.78, 5) is 29.2. The molecule has 1 N–H and O–H groups in total. The molecular formula is C23H32FN3O3. The Morgan fingerprint density at radius 2 is 1.73 bits per heavy atom. The van der Waals surface area contributed by atoms with Crippen LogP contribution in [0, 0.1) is 11.7 Å². The molecule has 3 heterocycles. The Morgan fingerprint density at radius 3 is 2.40 bits per heavy atom. The minimum atomic E-state index is -0.289. The third-order valence-corrected chi connectivity index (χ3v) is 7.00. The summed E-state index contributed by atoms with van der Waals surface area (Å²) in [6, 6.07) is 6.84. The lowest BCUT2D eigenvalue weighted by molar-refractivity contribution is -0.126. The van der Waals surface area contributed by atoms with Crippen LogP contribution < -0.4 is 5.32 Å². The predicted octanol–water partition coefficient (Wildman–Crippen LogP) is 2.92. The van der Waals surface area contributed by atoms with E-state index in [-0.39, 0.29) is 29.1 Å². The average molecular weight is 418 g/mol. The molecule has 6 nitrogen and oxygen atoms in total. The molecule has 1 aromatic carbocycles. The zero-order valence-corrected chi connectivity index (χ0v) is 17.6. The first kappa shape index (κ1) is 21.1. The normalized spacial score (nSPS) is 22.2. The van der Waals surface area contributed by atoms with Gasteiger partial charge in [-0.05, 0) is 56.2 Å². The molecule has 4 rings (SSSR count). The molecule has 0 aliphatic carbocycles. The lowest BCUT2D eigenvalue weighted by Crippen LogP contribution is -2.49. The number of hydrogen-bond acceptors (Lipinski definition) is 3. The summed E-state index contributed by atoms with van der Waals surface area (Å²) in [6.45, 7) is 4.70. The fraction of sp³-hybridized carbons (Fsp3) is 0.652. The molecule has 0 radical (unpaired) electrons. The highest BCUT2D eigenvalue weighted by molar-refractivity contribution is 5.80. The predicted molar refractivity (Wildman–Crippen MR) is 112 cm³/mol. The van der Waals surface area contributed by atoms with Gasteiger partial charge in [-0.25, -0.2) is 9.18 Å². The van der Waals surface area contributed by atoms with Gasteiger partial charge in [-0.3, -0.25) is 4.79 Å². The van der Waals surface area contributed by atoms with Gasteiger partial charge in [0, 0.05) is 57.3 Å². The largest absolute Gasteiger partial charge is 0.381 e. The maximum absolute atomic E-state index is 13.8. The van der Waals surface area contributed by atoms with Crippen LogP contribution >= 0.6 is 0 Å². The molecule has 0 spiro atoms. The van der Waals surface area contributed by atoms with E-state index in [9.17, 15) is 14.0 Å². The van der Waals surface area contributed by atoms with Gasteiger partial charge in [-0.1, -0.05) is 12.1 Å². The molecule has 164 valence electrons. The second-order valence-corrected chi connectivity index (χ2v) is 8.86. The van der Waals surface area contributed by atoms with E-state index in [4.69, 9.17) is 4.74 Å². The maximum atomic E-state index is 13.8. The number of likely N-dealkylation sites (tertiary alicyclic amines) is 2. The van der Waals surface area contributed by atoms with Gasteiger partial charge >= 0.3 is 6.03 Å². The molecule has 3 fully saturated rings. The fourth-order valence-corrected chi connectivity index (χ4v) is 4.99. The Kier molecular flexibility index (Phi) is 6.56. The summed E-state index contributed by atoms with van der Waals surface area (Å²) in [5, 5.41) is 3.15. The van der Waals surface area contributed by atoms with Crippen LogP contribution in [0.15, 0.2) is 24.3 Å². The zero-order valence-electron chi connectivity index (χ0n) is 17.6. The summed E-state index contributed by atoms with van der Waals surface area (Å²) in [6.07, 6.45) is 5.09. The number of amides is 3. The molecule has 3 saturated heterocycles. The zero-order chi connectivity index (χ0) is 21.0. The Labute approximate surface area is 177 Å². The maximum Gasteiger partial charge on any atom is 0.319 e. The lowest BCUT2D eigenvalue weighted by Gasteiger charge is -2.39. The van der Waals surface area contributed by atoms with Crippen molar-refractivity contribution in [3.63, 3.8) is 0 Å². The highest BCUT2D eigenvalue weighted by atomic mass is 19.1. The van der Waals surface area contributed by atoms with Crippen LogP contribution in [0.4, 0.5) is 9.18 Å². The summed E-state index contributed by atoms with van der Waals surface area (Å²) in [5.41, 5.74) is 0.639. The van der Waals surface area contributed by atoms with Gasteiger partial charge in [0.05, 0.1) is 0 Å². The van der Waals surface area contributed by atoms with Gasteiger partial charge in [0.1, 0.15) is 5.82 Å². The highest BCUT2D eigenvalue weighted by Gasteiger charge is 2.36. The SMILES string of the molecule is O=C(NCC1(c2cccc(F)c2)CCOCC1)C1CCN(C(=O)N2CCCC2)CC1. The van der Waals surface area contributed by atoms with Gasteiger partial charge in [0.2, 0.25) is 5.91 Å². The molecular weight excluding hydrogens is 385 g/mol. The Bertz CT molecular complexity index is 752. The Balaban J connectivity index is 1.32. The Morgan fingerprint density at radius 1 is 1.07 bits per heavy atom. The van der Waals surface area contributed by atoms with Crippen molar-refractivity contribution in [1.82, 2.24) is 15.1 Å². The number of rotatable bonds is 4. The number of carbonyl (C=O) groups excluding carboxylic acids is 2. The number of halogens is 1. The minimum absolute atomic E-state index is 0.0468. The smallest absolute Gasteiger partial charge is 0.319 e. The minimum Gasteiger partial charge on any atom is -0.381 e. The van der Waals surface area contributed by atoms with Crippen LogP contribution in [0.25, 0.3) is 0 Å². The molecule has 3 aliphatic rings. The van der Waals surface area contributed by atoms with Crippen molar-refractivity contribution in [3.05, 3.63) is 35.6 Å². The second kappa shape index (κ2) is 9.33. The number of nitrogens with zero attached hydrogens (tertiary/aromatic N) is 2. The summed E-state index contributed by atoms with van der Waals surface area (Å²) in [5.74, 6) is -0.276.